The van der Waals surface area contributed by atoms with E-state index in [2.05, 4.69) is 21.7 Å². The molecule has 0 saturated carbocycles. The first-order valence-corrected chi connectivity index (χ1v) is 13.1. The molecule has 0 radical (unpaired) electrons. The van der Waals surface area contributed by atoms with Crippen LogP contribution >= 0.6 is 11.6 Å². The zero-order valence-electron chi connectivity index (χ0n) is 21.8. The Hall–Kier alpha value is -4.23. The number of hydrogen-bond acceptors (Lipinski definition) is 6. The van der Waals surface area contributed by atoms with E-state index in [4.69, 9.17) is 11.6 Å². The van der Waals surface area contributed by atoms with Gasteiger partial charge in [-0.05, 0) is 48.2 Å². The molecule has 3 amide bonds. The second kappa shape index (κ2) is 10.2. The molecule has 1 aromatic heterocycles. The van der Waals surface area contributed by atoms with Crippen LogP contribution in [0.4, 0.5) is 5.69 Å². The van der Waals surface area contributed by atoms with Crippen LogP contribution < -0.4 is 5.32 Å². The average Bonchev–Trinajstić information content (AvgIpc) is 3.63. The van der Waals surface area contributed by atoms with Gasteiger partial charge in [0.1, 0.15) is 12.1 Å². The number of nitrogens with zero attached hydrogens (tertiary/aromatic N) is 6. The lowest BCUT2D eigenvalue weighted by molar-refractivity contribution is -0.136. The molecule has 3 heterocycles. The molecule has 3 atom stereocenters. The third-order valence-corrected chi connectivity index (χ3v) is 7.74. The Bertz CT molecular complexity index is 1480. The van der Waals surface area contributed by atoms with E-state index in [0.29, 0.717) is 22.8 Å². The summed E-state index contributed by atoms with van der Waals surface area (Å²) < 4.78 is 1.46. The summed E-state index contributed by atoms with van der Waals surface area (Å²) in [4.78, 5) is 43.5. The van der Waals surface area contributed by atoms with Crippen LogP contribution in [-0.2, 0) is 15.0 Å². The molecule has 10 nitrogen and oxygen atoms in total. The summed E-state index contributed by atoms with van der Waals surface area (Å²) in [5, 5.41) is 21.6. The number of nitriles is 1. The number of nitrogens with one attached hydrogen (secondary N) is 1. The van der Waals surface area contributed by atoms with Crippen LogP contribution in [0.3, 0.4) is 0 Å². The maximum Gasteiger partial charge on any atom is 0.276 e. The predicted molar refractivity (Wildman–Crippen MR) is 144 cm³/mol. The Morgan fingerprint density at radius 2 is 1.95 bits per heavy atom. The van der Waals surface area contributed by atoms with Gasteiger partial charge in [0, 0.05) is 30.7 Å². The third-order valence-electron chi connectivity index (χ3n) is 7.49. The van der Waals surface area contributed by atoms with Crippen LogP contribution in [0.5, 0.6) is 0 Å². The van der Waals surface area contributed by atoms with Crippen LogP contribution in [0, 0.1) is 17.2 Å². The quantitative estimate of drug-likeness (QED) is 0.506. The number of likely N-dealkylation sites (N-methyl/N-ethyl adjacent to an activating group) is 1. The van der Waals surface area contributed by atoms with E-state index in [-0.39, 0.29) is 36.4 Å². The molecule has 1 N–H and O–H groups in total. The number of benzene rings is 2. The number of aromatic nitrogens is 3. The topological polar surface area (TPSA) is 124 Å². The molecule has 5 rings (SSSR count). The van der Waals surface area contributed by atoms with E-state index in [1.54, 1.807) is 31.3 Å². The Morgan fingerprint density at radius 3 is 2.64 bits per heavy atom. The number of carbonyl (C=O) groups excluding carboxylic acids is 3. The summed E-state index contributed by atoms with van der Waals surface area (Å²) in [7, 11) is 1.55. The monoisotopic (exact) mass is 545 g/mol. The van der Waals surface area contributed by atoms with Crippen LogP contribution in [0.1, 0.15) is 42.7 Å². The lowest BCUT2D eigenvalue weighted by Crippen LogP contribution is -2.52. The highest BCUT2D eigenvalue weighted by Gasteiger charge is 2.56. The van der Waals surface area contributed by atoms with Crippen LogP contribution in [-0.4, -0.2) is 68.2 Å². The van der Waals surface area contributed by atoms with Crippen molar-refractivity contribution in [1.82, 2.24) is 24.8 Å². The summed E-state index contributed by atoms with van der Waals surface area (Å²) in [5.74, 6) is -0.986. The largest absolute Gasteiger partial charge is 0.328 e. The highest BCUT2D eigenvalue weighted by molar-refractivity contribution is 6.30. The van der Waals surface area contributed by atoms with Crippen LogP contribution in [0.15, 0.2) is 54.7 Å². The molecule has 1 saturated heterocycles. The molecule has 3 aromatic rings. The molecule has 1 fully saturated rings. The minimum absolute atomic E-state index is 0.0658. The van der Waals surface area contributed by atoms with Crippen molar-refractivity contribution in [3.05, 3.63) is 71.0 Å². The van der Waals surface area contributed by atoms with Crippen molar-refractivity contribution in [3.63, 3.8) is 0 Å². The van der Waals surface area contributed by atoms with Crippen molar-refractivity contribution in [2.45, 2.75) is 44.2 Å². The molecule has 2 aromatic carbocycles. The summed E-state index contributed by atoms with van der Waals surface area (Å²) in [6.07, 6.45) is 2.07. The molecule has 0 unspecified atom stereocenters. The van der Waals surface area contributed by atoms with Crippen LogP contribution in [0.2, 0.25) is 5.02 Å². The zero-order chi connectivity index (χ0) is 27.9. The second-order valence-electron chi connectivity index (χ2n) is 10.5. The summed E-state index contributed by atoms with van der Waals surface area (Å²) in [6, 6.07) is 14.8. The van der Waals surface area contributed by atoms with Crippen LogP contribution in [0.25, 0.3) is 5.69 Å². The molecule has 0 bridgehead atoms. The fraction of sp³-hybridized carbons (Fsp3) is 0.357. The van der Waals surface area contributed by atoms with Gasteiger partial charge in [-0.2, -0.15) is 5.26 Å². The molecule has 1 spiro atoms. The number of fused-ring (bicyclic) bond motifs is 2. The maximum absolute atomic E-state index is 14.0. The Balaban J connectivity index is 1.41. The summed E-state index contributed by atoms with van der Waals surface area (Å²) >= 11 is 5.97. The number of halogens is 1. The number of hydrogen-bond donors (Lipinski definition) is 1. The lowest BCUT2D eigenvalue weighted by atomic mass is 9.80. The second-order valence-corrected chi connectivity index (χ2v) is 10.9. The number of carbonyl (C=O) groups is 3. The Labute approximate surface area is 231 Å². The van der Waals surface area contributed by atoms with E-state index in [1.807, 2.05) is 38.1 Å². The fourth-order valence-electron chi connectivity index (χ4n) is 5.45. The number of likely N-dealkylation sites (tertiary alicyclic amines) is 1. The van der Waals surface area contributed by atoms with Gasteiger partial charge in [0.15, 0.2) is 5.69 Å². The van der Waals surface area contributed by atoms with Gasteiger partial charge >= 0.3 is 0 Å². The van der Waals surface area contributed by atoms with Crippen molar-refractivity contribution in [3.8, 4) is 11.8 Å². The number of para-hydroxylation sites is 1. The minimum Gasteiger partial charge on any atom is -0.328 e. The number of rotatable bonds is 6. The maximum atomic E-state index is 14.0. The van der Waals surface area contributed by atoms with Crippen molar-refractivity contribution in [2.75, 3.05) is 18.9 Å². The molecule has 0 aliphatic carbocycles. The fourth-order valence-corrected chi connectivity index (χ4v) is 5.58. The van der Waals surface area contributed by atoms with E-state index in [9.17, 15) is 19.6 Å². The van der Waals surface area contributed by atoms with Crippen molar-refractivity contribution in [1.29, 1.82) is 5.26 Å². The van der Waals surface area contributed by atoms with Crippen molar-refractivity contribution < 1.29 is 14.4 Å². The van der Waals surface area contributed by atoms with E-state index >= 15 is 0 Å². The van der Waals surface area contributed by atoms with Gasteiger partial charge in [0.25, 0.3) is 5.91 Å². The Kier molecular flexibility index (Phi) is 6.87. The smallest absolute Gasteiger partial charge is 0.276 e. The lowest BCUT2D eigenvalue weighted by Gasteiger charge is -2.33. The molecule has 200 valence electrons. The van der Waals surface area contributed by atoms with Crippen molar-refractivity contribution >= 4 is 35.0 Å². The van der Waals surface area contributed by atoms with Gasteiger partial charge in [0.2, 0.25) is 11.8 Å². The number of anilines is 1. The van der Waals surface area contributed by atoms with Gasteiger partial charge in [-0.1, -0.05) is 48.9 Å². The van der Waals surface area contributed by atoms with E-state index < -0.39 is 23.4 Å². The molecule has 2 aliphatic heterocycles. The molecule has 39 heavy (non-hydrogen) atoms. The van der Waals surface area contributed by atoms with Gasteiger partial charge in [-0.15, -0.1) is 5.10 Å². The predicted octanol–water partition coefficient (Wildman–Crippen LogP) is 3.42. The molecular formula is C28H28ClN7O3. The van der Waals surface area contributed by atoms with E-state index in [1.165, 1.54) is 20.7 Å². The normalized spacial score (nSPS) is 20.6. The van der Waals surface area contributed by atoms with E-state index in [0.717, 1.165) is 5.56 Å². The van der Waals surface area contributed by atoms with Gasteiger partial charge < -0.3 is 15.1 Å². The first kappa shape index (κ1) is 26.4. The van der Waals surface area contributed by atoms with Gasteiger partial charge in [0.05, 0.1) is 23.4 Å². The highest BCUT2D eigenvalue weighted by Crippen LogP contribution is 2.46. The summed E-state index contributed by atoms with van der Waals surface area (Å²) in [6.45, 7) is 3.99. The molecular weight excluding hydrogens is 518 g/mol. The molecule has 11 heteroatoms. The third kappa shape index (κ3) is 4.63. The minimum atomic E-state index is -1.00. The average molecular weight is 546 g/mol. The Morgan fingerprint density at radius 1 is 1.23 bits per heavy atom. The standard InChI is InChI=1S/C28H28ClN7O3/c1-17(2)12-24(34(3)25(37)23-15-36(33-32-23)19-10-8-18(29)9-11-19)26(38)35-16-28(13-20(35)14-30)21-6-4-5-7-22(21)31-27(28)39/h4-11,15,17,20,24H,12-13,16H2,1-3H3,(H,31,39)/t20-,24-,28-/m0/s1. The van der Waals surface area contributed by atoms with Gasteiger partial charge in [-0.25, -0.2) is 4.68 Å². The highest BCUT2D eigenvalue weighted by atomic mass is 35.5. The zero-order valence-corrected chi connectivity index (χ0v) is 22.6. The first-order valence-electron chi connectivity index (χ1n) is 12.7. The molecule has 2 aliphatic rings. The first-order chi connectivity index (χ1) is 18.6. The SMILES string of the molecule is CC(C)C[C@@H](C(=O)N1C[C@]2(C[C@H]1C#N)C(=O)Nc1ccccc12)N(C)C(=O)c1cn(-c2ccc(Cl)cc2)nn1. The van der Waals surface area contributed by atoms with Crippen molar-refractivity contribution in [2.24, 2.45) is 5.92 Å². The summed E-state index contributed by atoms with van der Waals surface area (Å²) in [5.41, 5.74) is 1.24. The number of amides is 3. The van der Waals surface area contributed by atoms with Gasteiger partial charge in [-0.3, -0.25) is 14.4 Å².